The molecule has 4 nitrogen and oxygen atoms in total. The largest absolute Gasteiger partial charge is 0.398 e. The van der Waals surface area contributed by atoms with Gasteiger partial charge in [-0.2, -0.15) is 0 Å². The first-order valence-electron chi connectivity index (χ1n) is 6.34. The molecule has 0 amide bonds. The van der Waals surface area contributed by atoms with Crippen molar-refractivity contribution < 1.29 is 9.47 Å². The first kappa shape index (κ1) is 16.4. The van der Waals surface area contributed by atoms with Crippen LogP contribution in [0.25, 0.3) is 0 Å². The van der Waals surface area contributed by atoms with Crippen molar-refractivity contribution >= 4 is 21.6 Å². The van der Waals surface area contributed by atoms with E-state index in [0.29, 0.717) is 19.3 Å². The van der Waals surface area contributed by atoms with Gasteiger partial charge in [0.2, 0.25) is 0 Å². The first-order valence-corrected chi connectivity index (χ1v) is 7.13. The molecule has 0 aliphatic heterocycles. The van der Waals surface area contributed by atoms with Crippen LogP contribution in [0.2, 0.25) is 0 Å². The Morgan fingerprint density at radius 1 is 1.32 bits per heavy atom. The first-order chi connectivity index (χ1) is 9.08. The summed E-state index contributed by atoms with van der Waals surface area (Å²) in [5.41, 5.74) is 7.88. The van der Waals surface area contributed by atoms with E-state index in [1.54, 1.807) is 14.2 Å². The lowest BCUT2D eigenvalue weighted by atomic mass is 10.1. The second-order valence-corrected chi connectivity index (χ2v) is 5.48. The monoisotopic (exact) mass is 330 g/mol. The maximum atomic E-state index is 5.92. The molecule has 1 unspecified atom stereocenters. The molecule has 0 aromatic heterocycles. The van der Waals surface area contributed by atoms with E-state index < -0.39 is 0 Å². The van der Waals surface area contributed by atoms with Crippen molar-refractivity contribution in [1.82, 2.24) is 4.90 Å². The van der Waals surface area contributed by atoms with Crippen molar-refractivity contribution in [3.05, 3.63) is 28.2 Å². The van der Waals surface area contributed by atoms with Gasteiger partial charge in [-0.1, -0.05) is 6.07 Å². The maximum Gasteiger partial charge on any atom is 0.0615 e. The second-order valence-electron chi connectivity index (χ2n) is 4.62. The summed E-state index contributed by atoms with van der Waals surface area (Å²) in [6, 6.07) is 6.41. The van der Waals surface area contributed by atoms with E-state index >= 15 is 0 Å². The van der Waals surface area contributed by atoms with E-state index in [-0.39, 0.29) is 0 Å². The lowest BCUT2D eigenvalue weighted by Crippen LogP contribution is -2.38. The Kier molecular flexibility index (Phi) is 7.38. The summed E-state index contributed by atoms with van der Waals surface area (Å²) in [6.07, 6.45) is 0. The molecule has 5 heteroatoms. The van der Waals surface area contributed by atoms with Gasteiger partial charge in [0.25, 0.3) is 0 Å². The van der Waals surface area contributed by atoms with Gasteiger partial charge in [0.15, 0.2) is 0 Å². The number of halogens is 1. The van der Waals surface area contributed by atoms with Gasteiger partial charge in [-0.15, -0.1) is 0 Å². The summed E-state index contributed by atoms with van der Waals surface area (Å²) in [4.78, 5) is 2.33. The highest BCUT2D eigenvalue weighted by molar-refractivity contribution is 9.10. The lowest BCUT2D eigenvalue weighted by Gasteiger charge is -2.28. The predicted molar refractivity (Wildman–Crippen MR) is 82.2 cm³/mol. The van der Waals surface area contributed by atoms with Crippen LogP contribution in [0.5, 0.6) is 0 Å². The van der Waals surface area contributed by atoms with E-state index in [0.717, 1.165) is 23.2 Å². The van der Waals surface area contributed by atoms with Gasteiger partial charge in [0, 0.05) is 43.5 Å². The number of hydrogen-bond acceptors (Lipinski definition) is 4. The fourth-order valence-corrected chi connectivity index (χ4v) is 2.18. The highest BCUT2D eigenvalue weighted by Crippen LogP contribution is 2.21. The van der Waals surface area contributed by atoms with Crippen molar-refractivity contribution in [2.45, 2.75) is 19.5 Å². The Hall–Kier alpha value is -0.620. The summed E-state index contributed by atoms with van der Waals surface area (Å²) < 4.78 is 11.3. The van der Waals surface area contributed by atoms with E-state index in [4.69, 9.17) is 15.2 Å². The lowest BCUT2D eigenvalue weighted by molar-refractivity contribution is 0.0705. The molecule has 0 aliphatic rings. The van der Waals surface area contributed by atoms with Gasteiger partial charge in [-0.3, -0.25) is 4.90 Å². The van der Waals surface area contributed by atoms with Gasteiger partial charge in [-0.05, 0) is 40.5 Å². The van der Waals surface area contributed by atoms with Crippen molar-refractivity contribution in [2.24, 2.45) is 0 Å². The summed E-state index contributed by atoms with van der Waals surface area (Å²) in [5.74, 6) is 0. The van der Waals surface area contributed by atoms with Crippen molar-refractivity contribution in [2.75, 3.05) is 39.7 Å². The molecule has 0 heterocycles. The molecule has 1 aromatic rings. The third-order valence-electron chi connectivity index (χ3n) is 3.06. The summed E-state index contributed by atoms with van der Waals surface area (Å²) in [7, 11) is 3.44. The summed E-state index contributed by atoms with van der Waals surface area (Å²) >= 11 is 3.41. The number of rotatable bonds is 8. The van der Waals surface area contributed by atoms with Crippen LogP contribution in [-0.2, 0) is 16.0 Å². The number of benzene rings is 1. The number of anilines is 1. The third kappa shape index (κ3) is 5.48. The maximum absolute atomic E-state index is 5.92. The zero-order valence-electron chi connectivity index (χ0n) is 11.9. The number of nitrogens with zero attached hydrogens (tertiary/aromatic N) is 1. The van der Waals surface area contributed by atoms with E-state index in [1.807, 2.05) is 12.1 Å². The SMILES string of the molecule is COCCN(Cc1ccc(Br)c(N)c1)C(C)COC. The number of nitrogen functional groups attached to an aromatic ring is 1. The fraction of sp³-hybridized carbons (Fsp3) is 0.571. The van der Waals surface area contributed by atoms with Gasteiger partial charge in [0.05, 0.1) is 13.2 Å². The Balaban J connectivity index is 2.71. The molecule has 1 aromatic carbocycles. The average molecular weight is 331 g/mol. The Labute approximate surface area is 124 Å². The van der Waals surface area contributed by atoms with E-state index in [9.17, 15) is 0 Å². The van der Waals surface area contributed by atoms with Gasteiger partial charge in [0.1, 0.15) is 0 Å². The van der Waals surface area contributed by atoms with Gasteiger partial charge in [-0.25, -0.2) is 0 Å². The highest BCUT2D eigenvalue weighted by Gasteiger charge is 2.14. The standard InChI is InChI=1S/C14H23BrN2O2/c1-11(10-19-3)17(6-7-18-2)9-12-4-5-13(15)14(16)8-12/h4-5,8,11H,6-7,9-10,16H2,1-3H3. The molecule has 2 N–H and O–H groups in total. The Morgan fingerprint density at radius 3 is 2.63 bits per heavy atom. The van der Waals surface area contributed by atoms with Gasteiger partial charge >= 0.3 is 0 Å². The molecule has 0 saturated heterocycles. The number of nitrogens with two attached hydrogens (primary N) is 1. The number of hydrogen-bond donors (Lipinski definition) is 1. The normalized spacial score (nSPS) is 12.9. The zero-order valence-corrected chi connectivity index (χ0v) is 13.4. The molecule has 0 radical (unpaired) electrons. The molecular formula is C14H23BrN2O2. The van der Waals surface area contributed by atoms with Crippen LogP contribution < -0.4 is 5.73 Å². The summed E-state index contributed by atoms with van der Waals surface area (Å²) in [5, 5.41) is 0. The molecule has 0 aliphatic carbocycles. The topological polar surface area (TPSA) is 47.7 Å². The molecule has 19 heavy (non-hydrogen) atoms. The zero-order chi connectivity index (χ0) is 14.3. The Bertz CT molecular complexity index is 388. The van der Waals surface area contributed by atoms with Crippen molar-refractivity contribution in [1.29, 1.82) is 0 Å². The van der Waals surface area contributed by atoms with Crippen LogP contribution in [0.3, 0.4) is 0 Å². The molecule has 108 valence electrons. The molecule has 1 atom stereocenters. The van der Waals surface area contributed by atoms with Gasteiger partial charge < -0.3 is 15.2 Å². The summed E-state index contributed by atoms with van der Waals surface area (Å²) in [6.45, 7) is 5.28. The van der Waals surface area contributed by atoms with Crippen LogP contribution in [0, 0.1) is 0 Å². The number of ether oxygens (including phenoxy) is 2. The van der Waals surface area contributed by atoms with Crippen molar-refractivity contribution in [3.63, 3.8) is 0 Å². The predicted octanol–water partition coefficient (Wildman–Crippen LogP) is 2.51. The molecule has 0 spiro atoms. The molecular weight excluding hydrogens is 308 g/mol. The smallest absolute Gasteiger partial charge is 0.0615 e. The van der Waals surface area contributed by atoms with Crippen LogP contribution in [0.4, 0.5) is 5.69 Å². The highest BCUT2D eigenvalue weighted by atomic mass is 79.9. The van der Waals surface area contributed by atoms with Crippen LogP contribution in [0.15, 0.2) is 22.7 Å². The second kappa shape index (κ2) is 8.53. The minimum absolute atomic E-state index is 0.338. The Morgan fingerprint density at radius 2 is 2.05 bits per heavy atom. The van der Waals surface area contributed by atoms with Crippen LogP contribution in [0.1, 0.15) is 12.5 Å². The fourth-order valence-electron chi connectivity index (χ4n) is 1.94. The molecule has 0 bridgehead atoms. The third-order valence-corrected chi connectivity index (χ3v) is 3.78. The van der Waals surface area contributed by atoms with Crippen LogP contribution in [-0.4, -0.2) is 44.9 Å². The average Bonchev–Trinajstić information content (AvgIpc) is 2.39. The molecule has 0 saturated carbocycles. The minimum atomic E-state index is 0.338. The molecule has 1 rings (SSSR count). The van der Waals surface area contributed by atoms with Crippen LogP contribution >= 0.6 is 15.9 Å². The number of methoxy groups -OCH3 is 2. The van der Waals surface area contributed by atoms with Crippen molar-refractivity contribution in [3.8, 4) is 0 Å². The van der Waals surface area contributed by atoms with E-state index in [1.165, 1.54) is 5.56 Å². The molecule has 0 fully saturated rings. The minimum Gasteiger partial charge on any atom is -0.398 e. The van der Waals surface area contributed by atoms with E-state index in [2.05, 4.69) is 33.8 Å². The quantitative estimate of drug-likeness (QED) is 0.744.